The van der Waals surface area contributed by atoms with Crippen LogP contribution < -0.4 is 0 Å². The number of nitrogens with zero attached hydrogens (tertiary/aromatic N) is 1. The highest BCUT2D eigenvalue weighted by atomic mass is 16.6. The summed E-state index contributed by atoms with van der Waals surface area (Å²) in [6.07, 6.45) is 1.16. The summed E-state index contributed by atoms with van der Waals surface area (Å²) in [5.74, 6) is -0.387. The molecule has 1 heterocycles. The molecule has 6 heteroatoms. The maximum Gasteiger partial charge on any atom is 0.410 e. The first-order valence-corrected chi connectivity index (χ1v) is 7.78. The van der Waals surface area contributed by atoms with Gasteiger partial charge in [0.1, 0.15) is 17.8 Å². The molecule has 0 N–H and O–H groups in total. The predicted octanol–water partition coefficient (Wildman–Crippen LogP) is 2.74. The molecule has 0 spiro atoms. The average Bonchev–Trinajstić information content (AvgIpc) is 2.32. The molecule has 0 radical (unpaired) electrons. The summed E-state index contributed by atoms with van der Waals surface area (Å²) in [5, 5.41) is 0. The Morgan fingerprint density at radius 3 is 2.18 bits per heavy atom. The standard InChI is InChI=1S/C16H29NO5/c1-15(2,3)21-13(18)11-20-12-8-7-9-17(10-12)14(19)22-16(4,5)6/h12H,7-11H2,1-6H3. The van der Waals surface area contributed by atoms with E-state index in [-0.39, 0.29) is 24.8 Å². The Kier molecular flexibility index (Phi) is 6.23. The van der Waals surface area contributed by atoms with Crippen LogP contribution in [0, 0.1) is 0 Å². The molecule has 1 aliphatic rings. The number of carbonyl (C=O) groups is 2. The van der Waals surface area contributed by atoms with Gasteiger partial charge in [-0.3, -0.25) is 0 Å². The van der Waals surface area contributed by atoms with Gasteiger partial charge in [-0.1, -0.05) is 0 Å². The summed E-state index contributed by atoms with van der Waals surface area (Å²) in [6.45, 7) is 12.0. The van der Waals surface area contributed by atoms with Gasteiger partial charge in [-0.05, 0) is 54.4 Å². The van der Waals surface area contributed by atoms with Crippen LogP contribution in [0.5, 0.6) is 0 Å². The zero-order valence-electron chi connectivity index (χ0n) is 14.6. The number of ether oxygens (including phenoxy) is 3. The van der Waals surface area contributed by atoms with E-state index in [1.165, 1.54) is 0 Å². The van der Waals surface area contributed by atoms with Crippen LogP contribution in [0.1, 0.15) is 54.4 Å². The first-order valence-electron chi connectivity index (χ1n) is 7.78. The number of esters is 1. The SMILES string of the molecule is CC(C)(C)OC(=O)COC1CCCN(C(=O)OC(C)(C)C)C1. The minimum absolute atomic E-state index is 0.0932. The maximum absolute atomic E-state index is 12.0. The summed E-state index contributed by atoms with van der Waals surface area (Å²) >= 11 is 0. The Morgan fingerprint density at radius 2 is 1.64 bits per heavy atom. The molecular formula is C16H29NO5. The monoisotopic (exact) mass is 315 g/mol. The fourth-order valence-electron chi connectivity index (χ4n) is 2.12. The molecule has 1 amide bonds. The van der Waals surface area contributed by atoms with E-state index in [1.54, 1.807) is 4.90 Å². The van der Waals surface area contributed by atoms with Crippen molar-refractivity contribution in [2.45, 2.75) is 71.7 Å². The highest BCUT2D eigenvalue weighted by Crippen LogP contribution is 2.17. The molecule has 1 atom stereocenters. The van der Waals surface area contributed by atoms with Crippen LogP contribution in [0.25, 0.3) is 0 Å². The van der Waals surface area contributed by atoms with Gasteiger partial charge in [0.25, 0.3) is 0 Å². The lowest BCUT2D eigenvalue weighted by Gasteiger charge is -2.34. The van der Waals surface area contributed by atoms with Crippen molar-refractivity contribution in [3.8, 4) is 0 Å². The Labute approximate surface area is 133 Å². The summed E-state index contributed by atoms with van der Waals surface area (Å²) < 4.78 is 16.1. The Balaban J connectivity index is 2.40. The van der Waals surface area contributed by atoms with Gasteiger partial charge in [0, 0.05) is 6.54 Å². The second kappa shape index (κ2) is 7.31. The van der Waals surface area contributed by atoms with Crippen molar-refractivity contribution in [3.05, 3.63) is 0 Å². The predicted molar refractivity (Wildman–Crippen MR) is 82.6 cm³/mol. The smallest absolute Gasteiger partial charge is 0.410 e. The van der Waals surface area contributed by atoms with E-state index in [0.29, 0.717) is 13.1 Å². The van der Waals surface area contributed by atoms with E-state index in [0.717, 1.165) is 12.8 Å². The molecule has 0 bridgehead atoms. The van der Waals surface area contributed by atoms with Crippen LogP contribution in [0.15, 0.2) is 0 Å². The molecule has 1 fully saturated rings. The topological polar surface area (TPSA) is 65.1 Å². The fraction of sp³-hybridized carbons (Fsp3) is 0.875. The molecule has 0 aromatic rings. The van der Waals surface area contributed by atoms with E-state index in [9.17, 15) is 9.59 Å². The number of rotatable bonds is 3. The van der Waals surface area contributed by atoms with E-state index >= 15 is 0 Å². The van der Waals surface area contributed by atoms with Gasteiger partial charge in [0.15, 0.2) is 0 Å². The van der Waals surface area contributed by atoms with Gasteiger partial charge in [-0.2, -0.15) is 0 Å². The zero-order valence-corrected chi connectivity index (χ0v) is 14.6. The third-order valence-corrected chi connectivity index (χ3v) is 2.89. The molecule has 1 saturated heterocycles. The molecule has 0 aliphatic carbocycles. The quantitative estimate of drug-likeness (QED) is 0.749. The molecule has 0 saturated carbocycles. The zero-order chi connectivity index (χ0) is 17.0. The minimum atomic E-state index is -0.518. The molecule has 128 valence electrons. The molecule has 0 aromatic heterocycles. The van der Waals surface area contributed by atoms with Gasteiger partial charge >= 0.3 is 12.1 Å². The lowest BCUT2D eigenvalue weighted by Crippen LogP contribution is -2.45. The van der Waals surface area contributed by atoms with Gasteiger partial charge in [0.05, 0.1) is 12.6 Å². The van der Waals surface area contributed by atoms with Crippen LogP contribution in [-0.2, 0) is 19.0 Å². The van der Waals surface area contributed by atoms with Crippen molar-refractivity contribution < 1.29 is 23.8 Å². The molecule has 22 heavy (non-hydrogen) atoms. The molecule has 1 unspecified atom stereocenters. The highest BCUT2D eigenvalue weighted by molar-refractivity contribution is 5.71. The highest BCUT2D eigenvalue weighted by Gasteiger charge is 2.28. The number of hydrogen-bond acceptors (Lipinski definition) is 5. The lowest BCUT2D eigenvalue weighted by atomic mass is 10.1. The van der Waals surface area contributed by atoms with E-state index < -0.39 is 11.2 Å². The van der Waals surface area contributed by atoms with Crippen molar-refractivity contribution in [3.63, 3.8) is 0 Å². The van der Waals surface area contributed by atoms with Crippen LogP contribution in [-0.4, -0.2) is 54.0 Å². The summed E-state index contributed by atoms with van der Waals surface area (Å²) in [7, 11) is 0. The van der Waals surface area contributed by atoms with Crippen LogP contribution in [0.2, 0.25) is 0 Å². The first-order chi connectivity index (χ1) is 9.96. The minimum Gasteiger partial charge on any atom is -0.458 e. The Morgan fingerprint density at radius 1 is 1.05 bits per heavy atom. The number of piperidine rings is 1. The van der Waals surface area contributed by atoms with Gasteiger partial charge < -0.3 is 19.1 Å². The third kappa shape index (κ3) is 7.64. The number of hydrogen-bond donors (Lipinski definition) is 0. The lowest BCUT2D eigenvalue weighted by molar-refractivity contribution is -0.163. The summed E-state index contributed by atoms with van der Waals surface area (Å²) in [6, 6.07) is 0. The number of amides is 1. The number of likely N-dealkylation sites (tertiary alicyclic amines) is 1. The van der Waals surface area contributed by atoms with Crippen LogP contribution in [0.3, 0.4) is 0 Å². The average molecular weight is 315 g/mol. The number of carbonyl (C=O) groups excluding carboxylic acids is 2. The second-order valence-corrected chi connectivity index (χ2v) is 7.59. The van der Waals surface area contributed by atoms with Crippen molar-refractivity contribution >= 4 is 12.1 Å². The molecule has 1 rings (SSSR count). The third-order valence-electron chi connectivity index (χ3n) is 2.89. The summed E-state index contributed by atoms with van der Waals surface area (Å²) in [4.78, 5) is 25.3. The van der Waals surface area contributed by atoms with Crippen LogP contribution in [0.4, 0.5) is 4.79 Å². The molecular weight excluding hydrogens is 286 g/mol. The maximum atomic E-state index is 12.0. The Hall–Kier alpha value is -1.30. The van der Waals surface area contributed by atoms with Crippen molar-refractivity contribution in [2.75, 3.05) is 19.7 Å². The largest absolute Gasteiger partial charge is 0.458 e. The van der Waals surface area contributed by atoms with Crippen LogP contribution >= 0.6 is 0 Å². The van der Waals surface area contributed by atoms with Crippen molar-refractivity contribution in [1.82, 2.24) is 4.90 Å². The normalized spacial score (nSPS) is 19.7. The van der Waals surface area contributed by atoms with Gasteiger partial charge in [0.2, 0.25) is 0 Å². The van der Waals surface area contributed by atoms with E-state index in [2.05, 4.69) is 0 Å². The molecule has 0 aromatic carbocycles. The molecule has 6 nitrogen and oxygen atoms in total. The van der Waals surface area contributed by atoms with E-state index in [1.807, 2.05) is 41.5 Å². The summed E-state index contributed by atoms with van der Waals surface area (Å²) in [5.41, 5.74) is -1.03. The second-order valence-electron chi connectivity index (χ2n) is 7.59. The van der Waals surface area contributed by atoms with Gasteiger partial charge in [-0.25, -0.2) is 9.59 Å². The van der Waals surface area contributed by atoms with Crippen molar-refractivity contribution in [1.29, 1.82) is 0 Å². The Bertz CT molecular complexity index is 394. The van der Waals surface area contributed by atoms with Crippen molar-refractivity contribution in [2.24, 2.45) is 0 Å². The van der Waals surface area contributed by atoms with E-state index in [4.69, 9.17) is 14.2 Å². The molecule has 1 aliphatic heterocycles. The van der Waals surface area contributed by atoms with Gasteiger partial charge in [-0.15, -0.1) is 0 Å². The first kappa shape index (κ1) is 18.7. The fourth-order valence-corrected chi connectivity index (χ4v) is 2.12.